The van der Waals surface area contributed by atoms with Crippen LogP contribution >= 0.6 is 0 Å². The number of hydrogen-bond acceptors (Lipinski definition) is 2. The zero-order chi connectivity index (χ0) is 11.1. The maximum atomic E-state index is 5.52. The van der Waals surface area contributed by atoms with E-state index in [0.717, 1.165) is 18.6 Å². The van der Waals surface area contributed by atoms with Gasteiger partial charge in [0, 0.05) is 6.04 Å². The molecular weight excluding hydrogens is 186 g/mol. The standard InChI is InChI=1S/C13H23NO/c1-4-5-10-15-11-12-6-8-13(9-7-12)14(2)3/h12-13H,6-11H2,1-3H3. The third-order valence-corrected chi connectivity index (χ3v) is 3.25. The number of ether oxygens (including phenoxy) is 1. The summed E-state index contributed by atoms with van der Waals surface area (Å²) in [4.78, 5) is 2.35. The molecule has 0 bridgehead atoms. The Kier molecular flexibility index (Phi) is 5.75. The van der Waals surface area contributed by atoms with E-state index in [4.69, 9.17) is 4.74 Å². The van der Waals surface area contributed by atoms with Gasteiger partial charge in [0.15, 0.2) is 0 Å². The summed E-state index contributed by atoms with van der Waals surface area (Å²) in [5.41, 5.74) is 0. The van der Waals surface area contributed by atoms with Crippen molar-refractivity contribution in [2.45, 2.75) is 38.6 Å². The summed E-state index contributed by atoms with van der Waals surface area (Å²) in [6, 6.07) is 0.789. The molecule has 0 saturated heterocycles. The zero-order valence-electron chi connectivity index (χ0n) is 10.3. The molecule has 2 nitrogen and oxygen atoms in total. The zero-order valence-corrected chi connectivity index (χ0v) is 10.3. The molecule has 1 fully saturated rings. The van der Waals surface area contributed by atoms with Crippen LogP contribution in [-0.2, 0) is 4.74 Å². The van der Waals surface area contributed by atoms with E-state index in [1.807, 2.05) is 6.92 Å². The quantitative estimate of drug-likeness (QED) is 0.519. The van der Waals surface area contributed by atoms with Gasteiger partial charge in [0.25, 0.3) is 0 Å². The van der Waals surface area contributed by atoms with Crippen molar-refractivity contribution in [2.24, 2.45) is 5.92 Å². The van der Waals surface area contributed by atoms with Gasteiger partial charge in [-0.15, -0.1) is 5.92 Å². The van der Waals surface area contributed by atoms with Gasteiger partial charge >= 0.3 is 0 Å². The maximum Gasteiger partial charge on any atom is 0.107 e. The van der Waals surface area contributed by atoms with E-state index in [0.29, 0.717) is 6.61 Å². The first-order valence-corrected chi connectivity index (χ1v) is 5.87. The first-order chi connectivity index (χ1) is 7.24. The number of hydrogen-bond donors (Lipinski definition) is 0. The van der Waals surface area contributed by atoms with Gasteiger partial charge in [-0.2, -0.15) is 0 Å². The smallest absolute Gasteiger partial charge is 0.107 e. The molecule has 0 N–H and O–H groups in total. The van der Waals surface area contributed by atoms with E-state index in [-0.39, 0.29) is 0 Å². The van der Waals surface area contributed by atoms with Crippen LogP contribution in [0.4, 0.5) is 0 Å². The highest BCUT2D eigenvalue weighted by Gasteiger charge is 2.22. The first-order valence-electron chi connectivity index (χ1n) is 5.87. The van der Waals surface area contributed by atoms with Crippen molar-refractivity contribution in [3.05, 3.63) is 0 Å². The summed E-state index contributed by atoms with van der Waals surface area (Å²) in [6.07, 6.45) is 5.26. The molecule has 15 heavy (non-hydrogen) atoms. The van der Waals surface area contributed by atoms with Crippen molar-refractivity contribution in [3.63, 3.8) is 0 Å². The fourth-order valence-corrected chi connectivity index (χ4v) is 2.18. The van der Waals surface area contributed by atoms with Gasteiger partial charge in [-0.25, -0.2) is 0 Å². The summed E-state index contributed by atoms with van der Waals surface area (Å²) in [7, 11) is 4.36. The highest BCUT2D eigenvalue weighted by molar-refractivity contribution is 4.94. The van der Waals surface area contributed by atoms with E-state index >= 15 is 0 Å². The average molecular weight is 209 g/mol. The van der Waals surface area contributed by atoms with Crippen molar-refractivity contribution in [1.82, 2.24) is 4.90 Å². The van der Waals surface area contributed by atoms with Crippen LogP contribution < -0.4 is 0 Å². The second kappa shape index (κ2) is 6.87. The molecule has 86 valence electrons. The van der Waals surface area contributed by atoms with E-state index in [2.05, 4.69) is 30.8 Å². The van der Waals surface area contributed by atoms with E-state index in [1.165, 1.54) is 25.7 Å². The van der Waals surface area contributed by atoms with Crippen LogP contribution in [-0.4, -0.2) is 38.3 Å². The summed E-state index contributed by atoms with van der Waals surface area (Å²) in [6.45, 7) is 3.35. The second-order valence-electron chi connectivity index (χ2n) is 4.58. The fourth-order valence-electron chi connectivity index (χ4n) is 2.18. The highest BCUT2D eigenvalue weighted by atomic mass is 16.5. The Morgan fingerprint density at radius 3 is 2.40 bits per heavy atom. The Bertz CT molecular complexity index is 218. The largest absolute Gasteiger partial charge is 0.368 e. The van der Waals surface area contributed by atoms with Crippen LogP contribution in [0.25, 0.3) is 0 Å². The normalized spacial score (nSPS) is 26.1. The molecular formula is C13H23NO. The molecule has 0 atom stereocenters. The van der Waals surface area contributed by atoms with Gasteiger partial charge in [0.1, 0.15) is 6.61 Å². The molecule has 0 amide bonds. The van der Waals surface area contributed by atoms with Gasteiger partial charge in [-0.05, 0) is 52.6 Å². The highest BCUT2D eigenvalue weighted by Crippen LogP contribution is 2.26. The minimum absolute atomic E-state index is 0.601. The Morgan fingerprint density at radius 2 is 1.87 bits per heavy atom. The Morgan fingerprint density at radius 1 is 1.20 bits per heavy atom. The molecule has 0 spiro atoms. The lowest BCUT2D eigenvalue weighted by Crippen LogP contribution is -2.33. The minimum Gasteiger partial charge on any atom is -0.368 e. The van der Waals surface area contributed by atoms with Crippen molar-refractivity contribution < 1.29 is 4.74 Å². The number of rotatable bonds is 4. The molecule has 0 heterocycles. The van der Waals surface area contributed by atoms with Crippen LogP contribution in [0.2, 0.25) is 0 Å². The molecule has 2 heteroatoms. The maximum absolute atomic E-state index is 5.52. The van der Waals surface area contributed by atoms with Crippen LogP contribution in [0.15, 0.2) is 0 Å². The molecule has 0 unspecified atom stereocenters. The Labute approximate surface area is 94.0 Å². The van der Waals surface area contributed by atoms with E-state index in [9.17, 15) is 0 Å². The summed E-state index contributed by atoms with van der Waals surface area (Å²) in [5, 5.41) is 0. The molecule has 1 rings (SSSR count). The van der Waals surface area contributed by atoms with Crippen molar-refractivity contribution in [3.8, 4) is 11.8 Å². The molecule has 1 aliphatic rings. The predicted molar refractivity (Wildman–Crippen MR) is 63.7 cm³/mol. The predicted octanol–water partition coefficient (Wildman–Crippen LogP) is 2.15. The van der Waals surface area contributed by atoms with Gasteiger partial charge in [0.05, 0.1) is 6.61 Å². The summed E-state index contributed by atoms with van der Waals surface area (Å²) < 4.78 is 5.52. The second-order valence-corrected chi connectivity index (χ2v) is 4.58. The van der Waals surface area contributed by atoms with Gasteiger partial charge in [-0.1, -0.05) is 5.92 Å². The lowest BCUT2D eigenvalue weighted by Gasteiger charge is -2.32. The molecule has 0 aromatic heterocycles. The molecule has 0 radical (unpaired) electrons. The summed E-state index contributed by atoms with van der Waals surface area (Å²) in [5.74, 6) is 6.54. The molecule has 1 saturated carbocycles. The van der Waals surface area contributed by atoms with Crippen molar-refractivity contribution >= 4 is 0 Å². The molecule has 0 aromatic rings. The lowest BCUT2D eigenvalue weighted by atomic mass is 9.86. The Hall–Kier alpha value is -0.520. The first kappa shape index (κ1) is 12.5. The molecule has 0 aliphatic heterocycles. The topological polar surface area (TPSA) is 12.5 Å². The monoisotopic (exact) mass is 209 g/mol. The van der Waals surface area contributed by atoms with Crippen LogP contribution in [0.3, 0.4) is 0 Å². The number of nitrogens with zero attached hydrogens (tertiary/aromatic N) is 1. The van der Waals surface area contributed by atoms with Crippen LogP contribution in [0, 0.1) is 17.8 Å². The lowest BCUT2D eigenvalue weighted by molar-refractivity contribution is 0.0906. The average Bonchev–Trinajstić information content (AvgIpc) is 2.25. The SMILES string of the molecule is CC#CCOCC1CCC(N(C)C)CC1. The fraction of sp³-hybridized carbons (Fsp3) is 0.846. The van der Waals surface area contributed by atoms with Crippen molar-refractivity contribution in [1.29, 1.82) is 0 Å². The molecule has 1 aliphatic carbocycles. The third kappa shape index (κ3) is 4.68. The van der Waals surface area contributed by atoms with E-state index < -0.39 is 0 Å². The summed E-state index contributed by atoms with van der Waals surface area (Å²) >= 11 is 0. The van der Waals surface area contributed by atoms with Crippen LogP contribution in [0.1, 0.15) is 32.6 Å². The van der Waals surface area contributed by atoms with Gasteiger partial charge in [0.2, 0.25) is 0 Å². The van der Waals surface area contributed by atoms with Gasteiger partial charge < -0.3 is 9.64 Å². The van der Waals surface area contributed by atoms with Crippen LogP contribution in [0.5, 0.6) is 0 Å². The third-order valence-electron chi connectivity index (χ3n) is 3.25. The van der Waals surface area contributed by atoms with Gasteiger partial charge in [-0.3, -0.25) is 0 Å². The Balaban J connectivity index is 2.11. The van der Waals surface area contributed by atoms with E-state index in [1.54, 1.807) is 0 Å². The minimum atomic E-state index is 0.601. The van der Waals surface area contributed by atoms with Crippen molar-refractivity contribution in [2.75, 3.05) is 27.3 Å². The molecule has 0 aromatic carbocycles.